The van der Waals surface area contributed by atoms with E-state index in [0.29, 0.717) is 11.1 Å². The van der Waals surface area contributed by atoms with E-state index in [4.69, 9.17) is 0 Å². The summed E-state index contributed by atoms with van der Waals surface area (Å²) in [7, 11) is 0. The molecule has 0 amide bonds. The number of aromatic amines is 1. The van der Waals surface area contributed by atoms with Gasteiger partial charge in [0.25, 0.3) is 11.5 Å². The molecule has 1 aliphatic heterocycles. The van der Waals surface area contributed by atoms with E-state index in [1.807, 2.05) is 0 Å². The van der Waals surface area contributed by atoms with Gasteiger partial charge in [-0.1, -0.05) is 12.2 Å². The van der Waals surface area contributed by atoms with E-state index in [2.05, 4.69) is 4.98 Å². The third kappa shape index (κ3) is 2.96. The first-order chi connectivity index (χ1) is 14.6. The van der Waals surface area contributed by atoms with Crippen molar-refractivity contribution in [2.45, 2.75) is 51.2 Å². The number of aliphatic hydroxyl groups excluding tert-OH is 1. The number of benzene rings is 1. The number of anilines is 1. The van der Waals surface area contributed by atoms with Crippen LogP contribution in [0.15, 0.2) is 21.7 Å². The van der Waals surface area contributed by atoms with E-state index >= 15 is 4.39 Å². The van der Waals surface area contributed by atoms with Crippen molar-refractivity contribution in [1.82, 2.24) is 9.55 Å². The summed E-state index contributed by atoms with van der Waals surface area (Å²) < 4.78 is 45.5. The lowest BCUT2D eigenvalue weighted by atomic mass is 9.89. The molecule has 6 nitrogen and oxygen atoms in total. The van der Waals surface area contributed by atoms with Crippen LogP contribution in [-0.2, 0) is 0 Å². The van der Waals surface area contributed by atoms with Crippen molar-refractivity contribution in [3.05, 3.63) is 49.9 Å². The number of nitrogens with one attached hydrogen (secondary N) is 1. The van der Waals surface area contributed by atoms with Crippen LogP contribution in [0.1, 0.15) is 36.4 Å². The molecule has 2 heterocycles. The number of allylic oxidation sites excluding steroid dienone is 1. The molecule has 5 rings (SSSR count). The van der Waals surface area contributed by atoms with Crippen LogP contribution >= 0.6 is 0 Å². The van der Waals surface area contributed by atoms with Gasteiger partial charge in [0.1, 0.15) is 6.10 Å². The predicted octanol–water partition coefficient (Wildman–Crippen LogP) is 2.79. The standard InChI is InChI=1S/C22H24F3N3O3/c1-10-15-17(28(13-5-6-13)21(31)26-20(15)30)11(2)18(16(10)23)27-8-12-4-3-7-22(24,25)19(29)14(12)9-27/h3-4,12-14,19,29H,5-9H2,1-2H3,(H,26,30,31). The fourth-order valence-corrected chi connectivity index (χ4v) is 5.30. The van der Waals surface area contributed by atoms with Crippen LogP contribution in [0.2, 0.25) is 0 Å². The van der Waals surface area contributed by atoms with E-state index < -0.39 is 41.4 Å². The Morgan fingerprint density at radius 1 is 1.16 bits per heavy atom. The second-order valence-electron chi connectivity index (χ2n) is 9.07. The molecule has 2 N–H and O–H groups in total. The second-order valence-corrected chi connectivity index (χ2v) is 9.07. The zero-order valence-corrected chi connectivity index (χ0v) is 17.3. The maximum Gasteiger partial charge on any atom is 0.329 e. The highest BCUT2D eigenvalue weighted by molar-refractivity contribution is 5.90. The first kappa shape index (κ1) is 20.4. The van der Waals surface area contributed by atoms with E-state index in [-0.39, 0.29) is 41.7 Å². The molecule has 1 saturated carbocycles. The van der Waals surface area contributed by atoms with Gasteiger partial charge in [-0.15, -0.1) is 0 Å². The number of aliphatic hydroxyl groups is 1. The van der Waals surface area contributed by atoms with Gasteiger partial charge in [-0.3, -0.25) is 14.3 Å². The zero-order chi connectivity index (χ0) is 22.2. The van der Waals surface area contributed by atoms with Crippen LogP contribution < -0.4 is 16.1 Å². The Morgan fingerprint density at radius 2 is 1.87 bits per heavy atom. The van der Waals surface area contributed by atoms with Crippen LogP contribution in [0, 0.1) is 31.5 Å². The lowest BCUT2D eigenvalue weighted by molar-refractivity contribution is -0.127. The average Bonchev–Trinajstić information content (AvgIpc) is 3.46. The van der Waals surface area contributed by atoms with Crippen molar-refractivity contribution >= 4 is 16.6 Å². The molecule has 2 aliphatic carbocycles. The molecule has 3 aliphatic rings. The number of aryl methyl sites for hydroxylation is 2. The number of alkyl halides is 2. The van der Waals surface area contributed by atoms with E-state index in [0.717, 1.165) is 12.8 Å². The molecule has 0 spiro atoms. The topological polar surface area (TPSA) is 78.3 Å². The maximum absolute atomic E-state index is 15.6. The lowest BCUT2D eigenvalue weighted by Crippen LogP contribution is -2.41. The summed E-state index contributed by atoms with van der Waals surface area (Å²) in [6.07, 6.45) is 2.32. The van der Waals surface area contributed by atoms with Gasteiger partial charge >= 0.3 is 5.69 Å². The predicted molar refractivity (Wildman–Crippen MR) is 110 cm³/mol. The van der Waals surface area contributed by atoms with Gasteiger partial charge < -0.3 is 10.0 Å². The minimum atomic E-state index is -3.24. The number of H-pyrrole nitrogens is 1. The molecule has 166 valence electrons. The normalized spacial score (nSPS) is 27.5. The quantitative estimate of drug-likeness (QED) is 0.712. The molecular weight excluding hydrogens is 411 g/mol. The summed E-state index contributed by atoms with van der Waals surface area (Å²) in [6.45, 7) is 3.49. The van der Waals surface area contributed by atoms with Crippen molar-refractivity contribution in [1.29, 1.82) is 0 Å². The van der Waals surface area contributed by atoms with Gasteiger partial charge in [0.05, 0.1) is 16.6 Å². The minimum Gasteiger partial charge on any atom is -0.386 e. The first-order valence-corrected chi connectivity index (χ1v) is 10.6. The minimum absolute atomic E-state index is 0.0450. The van der Waals surface area contributed by atoms with Crippen molar-refractivity contribution in [2.24, 2.45) is 11.8 Å². The molecular formula is C22H24F3N3O3. The molecule has 1 aromatic heterocycles. The number of aromatic nitrogens is 2. The van der Waals surface area contributed by atoms with Crippen LogP contribution in [-0.4, -0.2) is 39.8 Å². The van der Waals surface area contributed by atoms with Crippen LogP contribution in [0.3, 0.4) is 0 Å². The summed E-state index contributed by atoms with van der Waals surface area (Å²) in [5.41, 5.74) is 0.0202. The summed E-state index contributed by atoms with van der Waals surface area (Å²) in [4.78, 5) is 29.1. The Hall–Kier alpha value is -2.55. The molecule has 31 heavy (non-hydrogen) atoms. The summed E-state index contributed by atoms with van der Waals surface area (Å²) in [5.74, 6) is -4.92. The fourth-order valence-electron chi connectivity index (χ4n) is 5.30. The van der Waals surface area contributed by atoms with Gasteiger partial charge in [-0.2, -0.15) is 0 Å². The highest BCUT2D eigenvalue weighted by Gasteiger charge is 2.49. The zero-order valence-electron chi connectivity index (χ0n) is 17.3. The third-order valence-corrected chi connectivity index (χ3v) is 7.02. The molecule has 1 aromatic carbocycles. The highest BCUT2D eigenvalue weighted by atomic mass is 19.3. The Morgan fingerprint density at radius 3 is 2.55 bits per heavy atom. The van der Waals surface area contributed by atoms with Crippen molar-refractivity contribution in [3.63, 3.8) is 0 Å². The Balaban J connectivity index is 1.69. The molecule has 0 radical (unpaired) electrons. The van der Waals surface area contributed by atoms with Crippen molar-refractivity contribution < 1.29 is 18.3 Å². The van der Waals surface area contributed by atoms with Crippen LogP contribution in [0.4, 0.5) is 18.9 Å². The average molecular weight is 435 g/mol. The van der Waals surface area contributed by atoms with Crippen LogP contribution in [0.25, 0.3) is 10.9 Å². The number of halogens is 3. The van der Waals surface area contributed by atoms with Gasteiger partial charge in [0.15, 0.2) is 5.82 Å². The SMILES string of the molecule is Cc1c(F)c(N2CC3C=CCC(F)(F)C(O)C3C2)c(C)c2c1c(=O)[nH]c(=O)n2C1CC1. The Labute approximate surface area is 176 Å². The Kier molecular flexibility index (Phi) is 4.41. The van der Waals surface area contributed by atoms with E-state index in [9.17, 15) is 23.5 Å². The Bertz CT molecular complexity index is 1230. The largest absolute Gasteiger partial charge is 0.386 e. The molecule has 2 fully saturated rings. The fraction of sp³-hybridized carbons (Fsp3) is 0.545. The molecule has 9 heteroatoms. The first-order valence-electron chi connectivity index (χ1n) is 10.6. The van der Waals surface area contributed by atoms with Gasteiger partial charge in [-0.25, -0.2) is 18.0 Å². The van der Waals surface area contributed by atoms with Crippen molar-refractivity contribution in [3.8, 4) is 0 Å². The summed E-state index contributed by atoms with van der Waals surface area (Å²) in [6, 6.07) is -0.0450. The number of rotatable bonds is 2. The van der Waals surface area contributed by atoms with Gasteiger partial charge in [0.2, 0.25) is 0 Å². The number of hydrogen-bond acceptors (Lipinski definition) is 4. The summed E-state index contributed by atoms with van der Waals surface area (Å²) in [5, 5.41) is 10.5. The van der Waals surface area contributed by atoms with Crippen molar-refractivity contribution in [2.75, 3.05) is 18.0 Å². The molecule has 3 atom stereocenters. The van der Waals surface area contributed by atoms with Gasteiger partial charge in [-0.05, 0) is 26.7 Å². The highest BCUT2D eigenvalue weighted by Crippen LogP contribution is 2.44. The number of hydrogen-bond donors (Lipinski definition) is 2. The molecule has 0 bridgehead atoms. The molecule has 2 aromatic rings. The van der Waals surface area contributed by atoms with E-state index in [1.54, 1.807) is 17.9 Å². The summed E-state index contributed by atoms with van der Waals surface area (Å²) >= 11 is 0. The van der Waals surface area contributed by atoms with Gasteiger partial charge in [0, 0.05) is 48.5 Å². The van der Waals surface area contributed by atoms with Crippen LogP contribution in [0.5, 0.6) is 0 Å². The second kappa shape index (κ2) is 6.72. The smallest absolute Gasteiger partial charge is 0.329 e. The third-order valence-electron chi connectivity index (χ3n) is 7.02. The monoisotopic (exact) mass is 435 g/mol. The lowest BCUT2D eigenvalue weighted by Gasteiger charge is -2.28. The molecule has 1 saturated heterocycles. The van der Waals surface area contributed by atoms with E-state index in [1.165, 1.54) is 17.6 Å². The number of fused-ring (bicyclic) bond motifs is 2. The maximum atomic E-state index is 15.6. The molecule has 3 unspecified atom stereocenters. The number of nitrogens with zero attached hydrogens (tertiary/aromatic N) is 2.